The van der Waals surface area contributed by atoms with Crippen LogP contribution in [0, 0.1) is 11.7 Å². The predicted octanol–water partition coefficient (Wildman–Crippen LogP) is 5.45. The fraction of sp³-hybridized carbons (Fsp3) is 0.231. The standard InChI is InChI=1S/C26H25FN2O/c1-2-9-24(19-14-16-22(27)17-15-19)28-29-25(30)23-18-26(23,20-10-5-3-6-11-20)21-12-7-4-8-13-21/h3-8,10-17,23H,2,9,18H2,1H3,(H,29,30)/t23-/m1/s1. The summed E-state index contributed by atoms with van der Waals surface area (Å²) in [5.74, 6) is -0.548. The minimum atomic E-state index is -0.317. The Morgan fingerprint density at radius 3 is 2.07 bits per heavy atom. The number of rotatable bonds is 7. The van der Waals surface area contributed by atoms with E-state index in [4.69, 9.17) is 0 Å². The number of amides is 1. The molecule has 0 bridgehead atoms. The predicted molar refractivity (Wildman–Crippen MR) is 118 cm³/mol. The van der Waals surface area contributed by atoms with Crippen LogP contribution in [0.1, 0.15) is 42.9 Å². The Kier molecular flexibility index (Phi) is 5.75. The van der Waals surface area contributed by atoms with Gasteiger partial charge in [-0.3, -0.25) is 4.79 Å². The second-order valence-corrected chi connectivity index (χ2v) is 7.75. The van der Waals surface area contributed by atoms with Gasteiger partial charge in [0.1, 0.15) is 5.82 Å². The summed E-state index contributed by atoms with van der Waals surface area (Å²) in [6.07, 6.45) is 2.34. The van der Waals surface area contributed by atoms with Crippen LogP contribution < -0.4 is 5.43 Å². The number of halogens is 1. The van der Waals surface area contributed by atoms with Gasteiger partial charge >= 0.3 is 0 Å². The van der Waals surface area contributed by atoms with Gasteiger partial charge in [0.05, 0.1) is 11.6 Å². The van der Waals surface area contributed by atoms with E-state index in [1.54, 1.807) is 12.1 Å². The van der Waals surface area contributed by atoms with Gasteiger partial charge in [0.25, 0.3) is 0 Å². The average Bonchev–Trinajstić information content (AvgIpc) is 3.55. The Bertz CT molecular complexity index is 990. The van der Waals surface area contributed by atoms with Crippen LogP contribution in [-0.2, 0) is 10.2 Å². The lowest BCUT2D eigenvalue weighted by Crippen LogP contribution is -2.26. The molecule has 0 heterocycles. The molecule has 3 aromatic rings. The van der Waals surface area contributed by atoms with Crippen molar-refractivity contribution >= 4 is 11.6 Å². The van der Waals surface area contributed by atoms with Gasteiger partial charge in [0, 0.05) is 5.41 Å². The van der Waals surface area contributed by atoms with Gasteiger partial charge in [-0.2, -0.15) is 5.10 Å². The summed E-state index contributed by atoms with van der Waals surface area (Å²) in [7, 11) is 0. The van der Waals surface area contributed by atoms with Crippen molar-refractivity contribution in [1.82, 2.24) is 5.43 Å². The summed E-state index contributed by atoms with van der Waals surface area (Å²) >= 11 is 0. The second kappa shape index (κ2) is 8.62. The Balaban J connectivity index is 1.58. The maximum Gasteiger partial charge on any atom is 0.244 e. The molecular formula is C26H25FN2O. The van der Waals surface area contributed by atoms with Gasteiger partial charge in [0.2, 0.25) is 5.91 Å². The lowest BCUT2D eigenvalue weighted by atomic mass is 9.85. The molecule has 1 N–H and O–H groups in total. The topological polar surface area (TPSA) is 41.5 Å². The normalized spacial score (nSPS) is 17.4. The molecule has 0 unspecified atom stereocenters. The zero-order valence-electron chi connectivity index (χ0n) is 17.0. The summed E-state index contributed by atoms with van der Waals surface area (Å²) in [5, 5.41) is 4.42. The van der Waals surface area contributed by atoms with Crippen molar-refractivity contribution in [3.8, 4) is 0 Å². The third kappa shape index (κ3) is 3.90. The first-order valence-electron chi connectivity index (χ1n) is 10.4. The third-order valence-corrected chi connectivity index (χ3v) is 5.82. The fourth-order valence-corrected chi connectivity index (χ4v) is 4.20. The van der Waals surface area contributed by atoms with Crippen molar-refractivity contribution in [1.29, 1.82) is 0 Å². The summed E-state index contributed by atoms with van der Waals surface area (Å²) in [6.45, 7) is 2.05. The Hall–Kier alpha value is -3.27. The highest BCUT2D eigenvalue weighted by Gasteiger charge is 2.60. The Labute approximate surface area is 176 Å². The monoisotopic (exact) mass is 400 g/mol. The highest BCUT2D eigenvalue weighted by atomic mass is 19.1. The van der Waals surface area contributed by atoms with Crippen LogP contribution in [0.5, 0.6) is 0 Å². The van der Waals surface area contributed by atoms with Crippen molar-refractivity contribution in [2.75, 3.05) is 0 Å². The zero-order valence-corrected chi connectivity index (χ0v) is 17.0. The molecule has 3 nitrogen and oxygen atoms in total. The molecule has 0 aliphatic heterocycles. The molecule has 0 radical (unpaired) electrons. The lowest BCUT2D eigenvalue weighted by Gasteiger charge is -2.18. The van der Waals surface area contributed by atoms with Gasteiger partial charge in [-0.15, -0.1) is 0 Å². The molecule has 4 rings (SSSR count). The molecule has 152 valence electrons. The third-order valence-electron chi connectivity index (χ3n) is 5.82. The van der Waals surface area contributed by atoms with Crippen molar-refractivity contribution < 1.29 is 9.18 Å². The molecule has 0 spiro atoms. The minimum absolute atomic E-state index is 0.0848. The van der Waals surface area contributed by atoms with Crippen molar-refractivity contribution in [2.24, 2.45) is 11.0 Å². The average molecular weight is 400 g/mol. The maximum absolute atomic E-state index is 13.3. The summed E-state index contributed by atoms with van der Waals surface area (Å²) < 4.78 is 13.3. The molecule has 4 heteroatoms. The first-order valence-corrected chi connectivity index (χ1v) is 10.4. The fourth-order valence-electron chi connectivity index (χ4n) is 4.20. The second-order valence-electron chi connectivity index (χ2n) is 7.75. The van der Waals surface area contributed by atoms with Crippen LogP contribution in [0.15, 0.2) is 90.0 Å². The van der Waals surface area contributed by atoms with Crippen LogP contribution in [0.4, 0.5) is 4.39 Å². The Morgan fingerprint density at radius 2 is 1.53 bits per heavy atom. The largest absolute Gasteiger partial charge is 0.273 e. The molecule has 3 aromatic carbocycles. The van der Waals surface area contributed by atoms with Crippen LogP contribution >= 0.6 is 0 Å². The molecule has 1 atom stereocenters. The molecule has 0 saturated heterocycles. The molecule has 30 heavy (non-hydrogen) atoms. The molecule has 0 aromatic heterocycles. The molecule has 1 saturated carbocycles. The number of hydrogen-bond donors (Lipinski definition) is 1. The quantitative estimate of drug-likeness (QED) is 0.416. The van der Waals surface area contributed by atoms with E-state index in [-0.39, 0.29) is 23.1 Å². The van der Waals surface area contributed by atoms with Gasteiger partial charge in [-0.05, 0) is 41.7 Å². The number of carbonyl (C=O) groups excluding carboxylic acids is 1. The first-order chi connectivity index (χ1) is 14.6. The molecular weight excluding hydrogens is 375 g/mol. The molecule has 1 fully saturated rings. The van der Waals surface area contributed by atoms with E-state index in [9.17, 15) is 9.18 Å². The van der Waals surface area contributed by atoms with Gasteiger partial charge in [-0.25, -0.2) is 9.82 Å². The maximum atomic E-state index is 13.3. The minimum Gasteiger partial charge on any atom is -0.273 e. The SMILES string of the molecule is CCCC(=NNC(=O)[C@H]1CC1(c1ccccc1)c1ccccc1)c1ccc(F)cc1. The summed E-state index contributed by atoms with van der Waals surface area (Å²) in [6, 6.07) is 26.6. The highest BCUT2D eigenvalue weighted by Crippen LogP contribution is 2.58. The number of hydrogen-bond acceptors (Lipinski definition) is 2. The molecule has 1 aliphatic rings. The van der Waals surface area contributed by atoms with E-state index < -0.39 is 0 Å². The molecule has 1 amide bonds. The van der Waals surface area contributed by atoms with Crippen molar-refractivity contribution in [3.05, 3.63) is 107 Å². The lowest BCUT2D eigenvalue weighted by molar-refractivity contribution is -0.122. The Morgan fingerprint density at radius 1 is 0.967 bits per heavy atom. The zero-order chi connectivity index (χ0) is 21.0. The van der Waals surface area contributed by atoms with Crippen LogP contribution in [0.25, 0.3) is 0 Å². The van der Waals surface area contributed by atoms with Gasteiger partial charge in [-0.1, -0.05) is 86.1 Å². The van der Waals surface area contributed by atoms with Crippen LogP contribution in [-0.4, -0.2) is 11.6 Å². The highest BCUT2D eigenvalue weighted by molar-refractivity contribution is 6.01. The van der Waals surface area contributed by atoms with E-state index in [0.29, 0.717) is 6.42 Å². The molecule has 1 aliphatic carbocycles. The number of nitrogens with zero attached hydrogens (tertiary/aromatic N) is 1. The number of benzene rings is 3. The number of nitrogens with one attached hydrogen (secondary N) is 1. The summed E-state index contributed by atoms with van der Waals surface area (Å²) in [5.41, 5.74) is 6.35. The van der Waals surface area contributed by atoms with Gasteiger partial charge < -0.3 is 0 Å². The van der Waals surface area contributed by atoms with E-state index in [1.165, 1.54) is 12.1 Å². The van der Waals surface area contributed by atoms with E-state index >= 15 is 0 Å². The van der Waals surface area contributed by atoms with E-state index in [2.05, 4.69) is 41.7 Å². The van der Waals surface area contributed by atoms with E-state index in [1.807, 2.05) is 36.4 Å². The van der Waals surface area contributed by atoms with Crippen LogP contribution in [0.3, 0.4) is 0 Å². The summed E-state index contributed by atoms with van der Waals surface area (Å²) in [4.78, 5) is 13.1. The number of hydrazone groups is 1. The van der Waals surface area contributed by atoms with Crippen LogP contribution in [0.2, 0.25) is 0 Å². The van der Waals surface area contributed by atoms with Gasteiger partial charge in [0.15, 0.2) is 0 Å². The smallest absolute Gasteiger partial charge is 0.244 e. The number of carbonyl (C=O) groups is 1. The van der Waals surface area contributed by atoms with E-state index in [0.717, 1.165) is 35.2 Å². The van der Waals surface area contributed by atoms with Crippen molar-refractivity contribution in [3.63, 3.8) is 0 Å². The van der Waals surface area contributed by atoms with Crippen molar-refractivity contribution in [2.45, 2.75) is 31.6 Å². The first kappa shape index (κ1) is 20.0.